The molecule has 0 atom stereocenters. The zero-order chi connectivity index (χ0) is 8.32. The van der Waals surface area contributed by atoms with E-state index in [9.17, 15) is 0 Å². The average molecular weight is 153 g/mol. The lowest BCUT2D eigenvalue weighted by atomic mass is 9.99. The Morgan fingerprint density at radius 1 is 1.55 bits per heavy atom. The van der Waals surface area contributed by atoms with E-state index in [0.29, 0.717) is 0 Å². The van der Waals surface area contributed by atoms with Crippen molar-refractivity contribution in [3.05, 3.63) is 12.2 Å². The molecule has 11 heavy (non-hydrogen) atoms. The Morgan fingerprint density at radius 3 is 2.73 bits per heavy atom. The van der Waals surface area contributed by atoms with Gasteiger partial charge in [-0.15, -0.1) is 0 Å². The minimum atomic E-state index is 0.221. The third-order valence-electron chi connectivity index (χ3n) is 1.27. The summed E-state index contributed by atoms with van der Waals surface area (Å²) in [5.41, 5.74) is 0.221. The van der Waals surface area contributed by atoms with Crippen LogP contribution in [0, 0.1) is 5.41 Å². The fraction of sp³-hybridized carbons (Fsp3) is 0.667. The van der Waals surface area contributed by atoms with Gasteiger partial charge in [-0.2, -0.15) is 0 Å². The van der Waals surface area contributed by atoms with Crippen molar-refractivity contribution in [2.75, 3.05) is 13.2 Å². The number of ether oxygens (including phenoxy) is 1. The second kappa shape index (κ2) is 3.07. The van der Waals surface area contributed by atoms with Gasteiger partial charge >= 0.3 is 0 Å². The lowest BCUT2D eigenvalue weighted by molar-refractivity contribution is 0.189. The summed E-state index contributed by atoms with van der Waals surface area (Å²) in [6.07, 6.45) is 3.92. The summed E-state index contributed by atoms with van der Waals surface area (Å²) >= 11 is 0. The molecule has 0 N–H and O–H groups in total. The first-order valence-corrected chi connectivity index (χ1v) is 3.92. The normalized spacial score (nSPS) is 16.8. The van der Waals surface area contributed by atoms with Crippen LogP contribution in [0.5, 0.6) is 0 Å². The van der Waals surface area contributed by atoms with Crippen molar-refractivity contribution >= 4 is 5.90 Å². The first-order valence-electron chi connectivity index (χ1n) is 3.92. The highest BCUT2D eigenvalue weighted by Gasteiger charge is 2.12. The molecule has 0 radical (unpaired) electrons. The molecule has 2 heteroatoms. The molecule has 0 saturated heterocycles. The van der Waals surface area contributed by atoms with E-state index in [1.165, 1.54) is 0 Å². The van der Waals surface area contributed by atoms with Crippen molar-refractivity contribution in [3.8, 4) is 0 Å². The summed E-state index contributed by atoms with van der Waals surface area (Å²) in [5, 5.41) is 0. The van der Waals surface area contributed by atoms with Crippen LogP contribution in [-0.2, 0) is 4.74 Å². The molecule has 0 amide bonds. The van der Waals surface area contributed by atoms with Gasteiger partial charge in [-0.1, -0.05) is 26.8 Å². The second-order valence-corrected chi connectivity index (χ2v) is 3.93. The highest BCUT2D eigenvalue weighted by Crippen LogP contribution is 2.13. The monoisotopic (exact) mass is 153 g/mol. The summed E-state index contributed by atoms with van der Waals surface area (Å²) in [5.74, 6) is 0.778. The number of hydrogen-bond donors (Lipinski definition) is 0. The quantitative estimate of drug-likeness (QED) is 0.564. The Balaban J connectivity index is 2.28. The molecule has 1 aliphatic rings. The predicted octanol–water partition coefficient (Wildman–Crippen LogP) is 2.02. The van der Waals surface area contributed by atoms with Gasteiger partial charge in [-0.25, -0.2) is 4.99 Å². The molecule has 1 heterocycles. The molecule has 1 rings (SSSR count). The zero-order valence-electron chi connectivity index (χ0n) is 7.42. The Kier molecular flexibility index (Phi) is 2.32. The fourth-order valence-electron chi connectivity index (χ4n) is 0.733. The molecule has 0 aromatic rings. The Bertz CT molecular complexity index is 186. The summed E-state index contributed by atoms with van der Waals surface area (Å²) in [6, 6.07) is 0. The summed E-state index contributed by atoms with van der Waals surface area (Å²) in [4.78, 5) is 4.12. The van der Waals surface area contributed by atoms with Crippen LogP contribution in [0.25, 0.3) is 0 Å². The molecule has 0 aliphatic carbocycles. The predicted molar refractivity (Wildman–Crippen MR) is 46.8 cm³/mol. The number of hydrogen-bond acceptors (Lipinski definition) is 2. The molecule has 1 aliphatic heterocycles. The molecule has 0 aromatic carbocycles. The Morgan fingerprint density at radius 2 is 2.27 bits per heavy atom. The van der Waals surface area contributed by atoms with Crippen LogP contribution in [0.1, 0.15) is 20.8 Å². The summed E-state index contributed by atoms with van der Waals surface area (Å²) in [7, 11) is 0. The molecule has 62 valence electrons. The zero-order valence-corrected chi connectivity index (χ0v) is 7.42. The molecule has 0 bridgehead atoms. The summed E-state index contributed by atoms with van der Waals surface area (Å²) < 4.78 is 5.43. The maximum atomic E-state index is 5.43. The maximum Gasteiger partial charge on any atom is 0.208 e. The SMILES string of the molecule is CC(C)(C)COC1=NCC=C1. The third kappa shape index (κ3) is 3.21. The summed E-state index contributed by atoms with van der Waals surface area (Å²) in [6.45, 7) is 7.94. The highest BCUT2D eigenvalue weighted by molar-refractivity contribution is 5.89. The average Bonchev–Trinajstić information content (AvgIpc) is 2.32. The van der Waals surface area contributed by atoms with Crippen LogP contribution in [0.3, 0.4) is 0 Å². The number of rotatable bonds is 1. The van der Waals surface area contributed by atoms with Gasteiger partial charge < -0.3 is 4.74 Å². The van der Waals surface area contributed by atoms with Gasteiger partial charge in [-0.05, 0) is 11.5 Å². The van der Waals surface area contributed by atoms with Crippen molar-refractivity contribution in [1.29, 1.82) is 0 Å². The number of aliphatic imine (C=N–C) groups is 1. The van der Waals surface area contributed by atoms with Crippen LogP contribution >= 0.6 is 0 Å². The van der Waals surface area contributed by atoms with Crippen LogP contribution in [0.2, 0.25) is 0 Å². The third-order valence-corrected chi connectivity index (χ3v) is 1.27. The van der Waals surface area contributed by atoms with Crippen molar-refractivity contribution < 1.29 is 4.74 Å². The van der Waals surface area contributed by atoms with Crippen LogP contribution in [0.15, 0.2) is 17.1 Å². The smallest absolute Gasteiger partial charge is 0.208 e. The molecule has 0 saturated carbocycles. The van der Waals surface area contributed by atoms with Gasteiger partial charge in [-0.3, -0.25) is 0 Å². The molecule has 2 nitrogen and oxygen atoms in total. The van der Waals surface area contributed by atoms with E-state index in [2.05, 4.69) is 25.8 Å². The molecule has 0 fully saturated rings. The largest absolute Gasteiger partial charge is 0.477 e. The van der Waals surface area contributed by atoms with Gasteiger partial charge in [0.25, 0.3) is 0 Å². The van der Waals surface area contributed by atoms with Crippen molar-refractivity contribution in [2.24, 2.45) is 10.4 Å². The standard InChI is InChI=1S/C9H15NO/c1-9(2,3)7-11-8-5-4-6-10-8/h4-5H,6-7H2,1-3H3. The van der Waals surface area contributed by atoms with Crippen molar-refractivity contribution in [3.63, 3.8) is 0 Å². The molecule has 0 aromatic heterocycles. The van der Waals surface area contributed by atoms with Crippen LogP contribution in [-0.4, -0.2) is 19.0 Å². The van der Waals surface area contributed by atoms with E-state index in [1.54, 1.807) is 0 Å². The van der Waals surface area contributed by atoms with Gasteiger partial charge in [0, 0.05) is 0 Å². The number of nitrogens with zero attached hydrogens (tertiary/aromatic N) is 1. The fourth-order valence-corrected chi connectivity index (χ4v) is 0.733. The first-order chi connectivity index (χ1) is 5.08. The molecular weight excluding hydrogens is 138 g/mol. The highest BCUT2D eigenvalue weighted by atomic mass is 16.5. The lowest BCUT2D eigenvalue weighted by Crippen LogP contribution is -2.16. The van der Waals surface area contributed by atoms with E-state index >= 15 is 0 Å². The maximum absolute atomic E-state index is 5.43. The van der Waals surface area contributed by atoms with Crippen molar-refractivity contribution in [1.82, 2.24) is 0 Å². The van der Waals surface area contributed by atoms with Crippen LogP contribution in [0.4, 0.5) is 0 Å². The van der Waals surface area contributed by atoms with E-state index in [1.807, 2.05) is 12.2 Å². The Hall–Kier alpha value is -0.790. The molecule has 0 spiro atoms. The van der Waals surface area contributed by atoms with E-state index in [4.69, 9.17) is 4.74 Å². The van der Waals surface area contributed by atoms with E-state index < -0.39 is 0 Å². The van der Waals surface area contributed by atoms with Gasteiger partial charge in [0.2, 0.25) is 5.90 Å². The minimum absolute atomic E-state index is 0.221. The Labute approximate surface area is 68.0 Å². The van der Waals surface area contributed by atoms with Gasteiger partial charge in [0.1, 0.15) is 0 Å². The van der Waals surface area contributed by atoms with Gasteiger partial charge in [0.05, 0.1) is 13.2 Å². The minimum Gasteiger partial charge on any atom is -0.477 e. The molecular formula is C9H15NO. The molecule has 0 unspecified atom stereocenters. The van der Waals surface area contributed by atoms with E-state index in [0.717, 1.165) is 19.0 Å². The second-order valence-electron chi connectivity index (χ2n) is 3.93. The van der Waals surface area contributed by atoms with Gasteiger partial charge in [0.15, 0.2) is 0 Å². The van der Waals surface area contributed by atoms with Crippen LogP contribution < -0.4 is 0 Å². The van der Waals surface area contributed by atoms with E-state index in [-0.39, 0.29) is 5.41 Å². The topological polar surface area (TPSA) is 21.6 Å². The first kappa shape index (κ1) is 8.31. The lowest BCUT2D eigenvalue weighted by Gasteiger charge is -2.17. The van der Waals surface area contributed by atoms with Crippen molar-refractivity contribution in [2.45, 2.75) is 20.8 Å².